The Hall–Kier alpha value is -1.02. The molecule has 24 heavy (non-hydrogen) atoms. The Bertz CT molecular complexity index is 463. The molecule has 0 saturated heterocycles. The van der Waals surface area contributed by atoms with Crippen molar-refractivity contribution < 1.29 is 4.74 Å². The fraction of sp³-hybridized carbons (Fsp3) is 0.611. The standard InChI is InChI=1S/C18H32N4O.HI/c1-6-22(15(2)3)14-13-21-18(19-4)20-12-11-16-7-9-17(23-5)10-8-16;/h7-10,15H,6,11-14H2,1-5H3,(H2,19,20,21);1H. The number of methoxy groups -OCH3 is 1. The van der Waals surface area contributed by atoms with Crippen LogP contribution in [0.1, 0.15) is 26.3 Å². The minimum atomic E-state index is 0. The van der Waals surface area contributed by atoms with Crippen LogP contribution in [0, 0.1) is 0 Å². The van der Waals surface area contributed by atoms with Gasteiger partial charge >= 0.3 is 0 Å². The van der Waals surface area contributed by atoms with Crippen molar-refractivity contribution in [3.63, 3.8) is 0 Å². The second kappa shape index (κ2) is 13.3. The van der Waals surface area contributed by atoms with E-state index < -0.39 is 0 Å². The zero-order chi connectivity index (χ0) is 17.1. The molecule has 0 bridgehead atoms. The van der Waals surface area contributed by atoms with E-state index in [-0.39, 0.29) is 24.0 Å². The van der Waals surface area contributed by atoms with Gasteiger partial charge in [0, 0.05) is 32.7 Å². The lowest BCUT2D eigenvalue weighted by Crippen LogP contribution is -2.43. The Kier molecular flexibility index (Phi) is 12.7. The lowest BCUT2D eigenvalue weighted by atomic mass is 10.1. The van der Waals surface area contributed by atoms with Gasteiger partial charge in [-0.25, -0.2) is 0 Å². The molecule has 0 atom stereocenters. The summed E-state index contributed by atoms with van der Waals surface area (Å²) in [6.07, 6.45) is 0.956. The largest absolute Gasteiger partial charge is 0.497 e. The molecular weight excluding hydrogens is 415 g/mol. The summed E-state index contributed by atoms with van der Waals surface area (Å²) in [4.78, 5) is 6.70. The molecule has 1 aromatic rings. The highest BCUT2D eigenvalue weighted by atomic mass is 127. The average molecular weight is 448 g/mol. The number of likely N-dealkylation sites (N-methyl/N-ethyl adjacent to an activating group) is 1. The summed E-state index contributed by atoms with van der Waals surface area (Å²) in [6.45, 7) is 10.5. The van der Waals surface area contributed by atoms with Crippen molar-refractivity contribution in [1.82, 2.24) is 15.5 Å². The first-order chi connectivity index (χ1) is 11.1. The SMILES string of the molecule is CCN(CCNC(=NC)NCCc1ccc(OC)cc1)C(C)C.I. The van der Waals surface area contributed by atoms with Gasteiger partial charge in [0.25, 0.3) is 0 Å². The second-order valence-electron chi connectivity index (χ2n) is 5.75. The van der Waals surface area contributed by atoms with Gasteiger partial charge in [-0.15, -0.1) is 24.0 Å². The van der Waals surface area contributed by atoms with Crippen molar-refractivity contribution in [3.8, 4) is 5.75 Å². The van der Waals surface area contributed by atoms with E-state index in [1.165, 1.54) is 5.56 Å². The Morgan fingerprint density at radius 3 is 2.29 bits per heavy atom. The minimum absolute atomic E-state index is 0. The van der Waals surface area contributed by atoms with Gasteiger partial charge in [0.05, 0.1) is 7.11 Å². The molecule has 6 heteroatoms. The van der Waals surface area contributed by atoms with Crippen LogP contribution in [-0.2, 0) is 6.42 Å². The van der Waals surface area contributed by atoms with Crippen molar-refractivity contribution in [2.24, 2.45) is 4.99 Å². The zero-order valence-corrected chi connectivity index (χ0v) is 18.0. The molecule has 1 aromatic carbocycles. The Labute approximate surface area is 164 Å². The summed E-state index contributed by atoms with van der Waals surface area (Å²) in [5, 5.41) is 6.73. The fourth-order valence-electron chi connectivity index (χ4n) is 2.44. The van der Waals surface area contributed by atoms with Crippen LogP contribution in [0.5, 0.6) is 5.75 Å². The van der Waals surface area contributed by atoms with E-state index in [0.717, 1.165) is 44.3 Å². The number of halogens is 1. The van der Waals surface area contributed by atoms with Gasteiger partial charge in [0.1, 0.15) is 5.75 Å². The lowest BCUT2D eigenvalue weighted by Gasteiger charge is -2.25. The number of hydrogen-bond donors (Lipinski definition) is 2. The minimum Gasteiger partial charge on any atom is -0.497 e. The molecule has 0 fully saturated rings. The highest BCUT2D eigenvalue weighted by molar-refractivity contribution is 14.0. The van der Waals surface area contributed by atoms with Crippen molar-refractivity contribution in [2.45, 2.75) is 33.2 Å². The number of rotatable bonds is 9. The molecule has 2 N–H and O–H groups in total. The predicted molar refractivity (Wildman–Crippen MR) is 114 cm³/mol. The summed E-state index contributed by atoms with van der Waals surface area (Å²) in [6, 6.07) is 8.75. The number of guanidine groups is 1. The molecule has 0 aliphatic carbocycles. The number of benzene rings is 1. The molecular formula is C18H33IN4O. The van der Waals surface area contributed by atoms with E-state index in [0.29, 0.717) is 6.04 Å². The Balaban J connectivity index is 0.00000529. The van der Waals surface area contributed by atoms with Crippen LogP contribution in [-0.4, -0.2) is 57.2 Å². The van der Waals surface area contributed by atoms with Crippen LogP contribution in [0.3, 0.4) is 0 Å². The highest BCUT2D eigenvalue weighted by Gasteiger charge is 2.06. The molecule has 0 aromatic heterocycles. The molecule has 138 valence electrons. The van der Waals surface area contributed by atoms with E-state index in [1.807, 2.05) is 19.2 Å². The lowest BCUT2D eigenvalue weighted by molar-refractivity contribution is 0.237. The first-order valence-corrected chi connectivity index (χ1v) is 8.42. The van der Waals surface area contributed by atoms with Gasteiger partial charge < -0.3 is 15.4 Å². The second-order valence-corrected chi connectivity index (χ2v) is 5.75. The van der Waals surface area contributed by atoms with Gasteiger partial charge in [0.2, 0.25) is 0 Å². The molecule has 0 radical (unpaired) electrons. The monoisotopic (exact) mass is 448 g/mol. The first-order valence-electron chi connectivity index (χ1n) is 8.42. The van der Waals surface area contributed by atoms with Gasteiger partial charge in [-0.1, -0.05) is 19.1 Å². The van der Waals surface area contributed by atoms with Gasteiger partial charge in [0.15, 0.2) is 5.96 Å². The van der Waals surface area contributed by atoms with Gasteiger partial charge in [-0.3, -0.25) is 9.89 Å². The number of nitrogens with one attached hydrogen (secondary N) is 2. The quantitative estimate of drug-likeness (QED) is 0.347. The summed E-state index contributed by atoms with van der Waals surface area (Å²) < 4.78 is 5.17. The van der Waals surface area contributed by atoms with E-state index in [1.54, 1.807) is 7.11 Å². The average Bonchev–Trinajstić information content (AvgIpc) is 2.57. The summed E-state index contributed by atoms with van der Waals surface area (Å²) in [5.41, 5.74) is 1.28. The molecule has 1 rings (SSSR count). The van der Waals surface area contributed by atoms with E-state index in [9.17, 15) is 0 Å². The van der Waals surface area contributed by atoms with Crippen LogP contribution in [0.15, 0.2) is 29.3 Å². The summed E-state index contributed by atoms with van der Waals surface area (Å²) in [5.74, 6) is 1.75. The zero-order valence-electron chi connectivity index (χ0n) is 15.6. The Morgan fingerprint density at radius 2 is 1.79 bits per heavy atom. The molecule has 0 aliphatic rings. The topological polar surface area (TPSA) is 48.9 Å². The van der Waals surface area contributed by atoms with Crippen LogP contribution in [0.4, 0.5) is 0 Å². The van der Waals surface area contributed by atoms with Gasteiger partial charge in [-0.2, -0.15) is 0 Å². The van der Waals surface area contributed by atoms with Crippen LogP contribution in [0.2, 0.25) is 0 Å². The number of nitrogens with zero attached hydrogens (tertiary/aromatic N) is 2. The van der Waals surface area contributed by atoms with Crippen LogP contribution >= 0.6 is 24.0 Å². The normalized spacial score (nSPS) is 11.4. The molecule has 5 nitrogen and oxygen atoms in total. The molecule has 0 unspecified atom stereocenters. The van der Waals surface area contributed by atoms with Crippen molar-refractivity contribution in [3.05, 3.63) is 29.8 Å². The molecule has 0 aliphatic heterocycles. The molecule has 0 spiro atoms. The molecule has 0 heterocycles. The van der Waals surface area contributed by atoms with Crippen molar-refractivity contribution in [1.29, 1.82) is 0 Å². The third kappa shape index (κ3) is 8.73. The van der Waals surface area contributed by atoms with Crippen LogP contribution in [0.25, 0.3) is 0 Å². The maximum Gasteiger partial charge on any atom is 0.191 e. The van der Waals surface area contributed by atoms with E-state index in [4.69, 9.17) is 4.74 Å². The molecule has 0 amide bonds. The van der Waals surface area contributed by atoms with Crippen molar-refractivity contribution in [2.75, 3.05) is 40.3 Å². The number of ether oxygens (including phenoxy) is 1. The maximum absolute atomic E-state index is 5.17. The summed E-state index contributed by atoms with van der Waals surface area (Å²) >= 11 is 0. The third-order valence-corrected chi connectivity index (χ3v) is 3.92. The van der Waals surface area contributed by atoms with E-state index in [2.05, 4.69) is 53.4 Å². The summed E-state index contributed by atoms with van der Waals surface area (Å²) in [7, 11) is 3.49. The van der Waals surface area contributed by atoms with Crippen molar-refractivity contribution >= 4 is 29.9 Å². The smallest absolute Gasteiger partial charge is 0.191 e. The third-order valence-electron chi connectivity index (χ3n) is 3.92. The first kappa shape index (κ1) is 23.0. The highest BCUT2D eigenvalue weighted by Crippen LogP contribution is 2.11. The fourth-order valence-corrected chi connectivity index (χ4v) is 2.44. The maximum atomic E-state index is 5.17. The number of hydrogen-bond acceptors (Lipinski definition) is 3. The Morgan fingerprint density at radius 1 is 1.17 bits per heavy atom. The van der Waals surface area contributed by atoms with Gasteiger partial charge in [-0.05, 0) is 44.5 Å². The predicted octanol–water partition coefficient (Wildman–Crippen LogP) is 2.75. The van der Waals surface area contributed by atoms with Crippen LogP contribution < -0.4 is 15.4 Å². The van der Waals surface area contributed by atoms with E-state index >= 15 is 0 Å². The molecule has 0 saturated carbocycles. The number of aliphatic imine (C=N–C) groups is 1.